The third-order valence-electron chi connectivity index (χ3n) is 1.97. The van der Waals surface area contributed by atoms with Gasteiger partial charge < -0.3 is 10.1 Å². The molecule has 0 amide bonds. The maximum absolute atomic E-state index is 10.4. The van der Waals surface area contributed by atoms with Crippen molar-refractivity contribution in [2.75, 3.05) is 5.32 Å². The normalized spacial score (nSPS) is 10.0. The van der Waals surface area contributed by atoms with Crippen LogP contribution in [0, 0.1) is 10.1 Å². The number of nitrogens with one attached hydrogen (secondary N) is 2. The number of aromatic amines is 1. The summed E-state index contributed by atoms with van der Waals surface area (Å²) in [6, 6.07) is 5.62. The Morgan fingerprint density at radius 3 is 3.06 bits per heavy atom. The van der Waals surface area contributed by atoms with E-state index in [0.29, 0.717) is 6.67 Å². The molecular formula is C9H10N5O2+. The number of aromatic nitrogens is 3. The van der Waals surface area contributed by atoms with E-state index in [1.165, 1.54) is 12.5 Å². The molecule has 0 bridgehead atoms. The first-order chi connectivity index (χ1) is 7.75. The average Bonchev–Trinajstić information content (AvgIpc) is 2.76. The van der Waals surface area contributed by atoms with E-state index in [1.54, 1.807) is 10.8 Å². The van der Waals surface area contributed by atoms with Gasteiger partial charge in [-0.3, -0.25) is 9.88 Å². The third-order valence-corrected chi connectivity index (χ3v) is 1.97. The molecule has 16 heavy (non-hydrogen) atoms. The number of H-pyrrole nitrogens is 1. The number of nitrogens with zero attached hydrogens (tertiary/aromatic N) is 3. The number of pyridine rings is 1. The second-order valence-electron chi connectivity index (χ2n) is 3.11. The van der Waals surface area contributed by atoms with Crippen LogP contribution in [0.1, 0.15) is 0 Å². The molecule has 0 spiro atoms. The topological polar surface area (TPSA) is 87.1 Å². The van der Waals surface area contributed by atoms with Crippen LogP contribution in [0.4, 0.5) is 11.6 Å². The van der Waals surface area contributed by atoms with Crippen molar-refractivity contribution in [3.05, 3.63) is 47.0 Å². The fourth-order valence-electron chi connectivity index (χ4n) is 1.21. The van der Waals surface area contributed by atoms with Crippen molar-refractivity contribution < 1.29 is 9.91 Å². The van der Waals surface area contributed by atoms with Crippen molar-refractivity contribution in [1.29, 1.82) is 0 Å². The summed E-state index contributed by atoms with van der Waals surface area (Å²) < 4.78 is 1.60. The van der Waals surface area contributed by atoms with Crippen molar-refractivity contribution >= 4 is 11.6 Å². The molecule has 0 aliphatic carbocycles. The van der Waals surface area contributed by atoms with E-state index in [1.807, 2.05) is 18.2 Å². The van der Waals surface area contributed by atoms with Gasteiger partial charge in [-0.1, -0.05) is 6.07 Å². The fraction of sp³-hybridized carbons (Fsp3) is 0.111. The summed E-state index contributed by atoms with van der Waals surface area (Å²) in [7, 11) is 0. The minimum Gasteiger partial charge on any atom is -0.358 e. The minimum absolute atomic E-state index is 0.154. The molecule has 7 nitrogen and oxygen atoms in total. The van der Waals surface area contributed by atoms with E-state index in [2.05, 4.69) is 15.3 Å². The number of nitro groups is 1. The van der Waals surface area contributed by atoms with Crippen LogP contribution in [0.3, 0.4) is 0 Å². The molecule has 0 saturated heterocycles. The van der Waals surface area contributed by atoms with Crippen molar-refractivity contribution in [3.8, 4) is 0 Å². The lowest BCUT2D eigenvalue weighted by Gasteiger charge is -1.97. The van der Waals surface area contributed by atoms with Crippen molar-refractivity contribution in [2.24, 2.45) is 0 Å². The summed E-state index contributed by atoms with van der Waals surface area (Å²) in [5.74, 6) is 0.678. The second kappa shape index (κ2) is 4.39. The molecule has 0 radical (unpaired) electrons. The number of rotatable bonds is 4. The van der Waals surface area contributed by atoms with Crippen molar-refractivity contribution in [2.45, 2.75) is 6.67 Å². The molecule has 2 aromatic heterocycles. The van der Waals surface area contributed by atoms with E-state index in [0.717, 1.165) is 5.82 Å². The van der Waals surface area contributed by atoms with E-state index in [9.17, 15) is 10.1 Å². The molecule has 2 heterocycles. The van der Waals surface area contributed by atoms with Gasteiger partial charge in [0.2, 0.25) is 6.33 Å². The van der Waals surface area contributed by atoms with Crippen molar-refractivity contribution in [1.82, 2.24) is 9.55 Å². The Morgan fingerprint density at radius 1 is 1.56 bits per heavy atom. The minimum atomic E-state index is -0.523. The number of anilines is 1. The van der Waals surface area contributed by atoms with E-state index in [4.69, 9.17) is 0 Å². The predicted octanol–water partition coefficient (Wildman–Crippen LogP) is 0.675. The highest BCUT2D eigenvalue weighted by atomic mass is 16.6. The smallest absolute Gasteiger partial charge is 0.358 e. The zero-order valence-electron chi connectivity index (χ0n) is 8.33. The highest BCUT2D eigenvalue weighted by Crippen LogP contribution is 2.05. The van der Waals surface area contributed by atoms with Gasteiger partial charge in [-0.2, -0.15) is 0 Å². The first-order valence-corrected chi connectivity index (χ1v) is 4.62. The molecule has 0 aliphatic heterocycles. The molecule has 82 valence electrons. The largest absolute Gasteiger partial charge is 0.381 e. The fourth-order valence-corrected chi connectivity index (χ4v) is 1.21. The Labute approximate surface area is 90.9 Å². The zero-order valence-corrected chi connectivity index (χ0v) is 8.33. The Hall–Kier alpha value is -2.44. The molecule has 0 atom stereocenters. The summed E-state index contributed by atoms with van der Waals surface area (Å²) in [6.45, 7) is 0.418. The average molecular weight is 220 g/mol. The van der Waals surface area contributed by atoms with Gasteiger partial charge in [0, 0.05) is 6.07 Å². The van der Waals surface area contributed by atoms with Crippen LogP contribution in [0.25, 0.3) is 0 Å². The van der Waals surface area contributed by atoms with Crippen LogP contribution < -0.4 is 10.3 Å². The standard InChI is InChI=1S/C9H9N5O2/c15-14(16)9-5-13(7-12-9)6-11-8-3-1-2-4-10-8/h1-5,7H,6H2,(H,10,11)/p+1. The third kappa shape index (κ3) is 2.32. The van der Waals surface area contributed by atoms with Crippen LogP contribution in [-0.4, -0.2) is 14.5 Å². The number of hydrogen-bond acceptors (Lipinski definition) is 4. The van der Waals surface area contributed by atoms with E-state index < -0.39 is 4.92 Å². The molecular weight excluding hydrogens is 210 g/mol. The summed E-state index contributed by atoms with van der Waals surface area (Å²) in [5.41, 5.74) is 0. The Kier molecular flexibility index (Phi) is 2.77. The number of hydrogen-bond donors (Lipinski definition) is 1. The lowest BCUT2D eigenvalue weighted by molar-refractivity contribution is -0.389. The van der Waals surface area contributed by atoms with Gasteiger partial charge in [0.15, 0.2) is 6.67 Å². The van der Waals surface area contributed by atoms with Crippen LogP contribution in [0.2, 0.25) is 0 Å². The summed E-state index contributed by atoms with van der Waals surface area (Å²) in [5, 5.41) is 13.4. The zero-order chi connectivity index (χ0) is 11.4. The highest BCUT2D eigenvalue weighted by Gasteiger charge is 2.10. The Balaban J connectivity index is 1.97. The lowest BCUT2D eigenvalue weighted by Crippen LogP contribution is -2.14. The molecule has 0 aromatic carbocycles. The number of imidazole rings is 1. The molecule has 7 heteroatoms. The summed E-state index contributed by atoms with van der Waals surface area (Å²) >= 11 is 0. The van der Waals surface area contributed by atoms with E-state index >= 15 is 0 Å². The Bertz CT molecular complexity index is 482. The van der Waals surface area contributed by atoms with Crippen LogP contribution in [0.5, 0.6) is 0 Å². The van der Waals surface area contributed by atoms with Crippen molar-refractivity contribution in [3.63, 3.8) is 0 Å². The molecule has 0 fully saturated rings. The van der Waals surface area contributed by atoms with Gasteiger partial charge in [0.05, 0.1) is 6.20 Å². The van der Waals surface area contributed by atoms with Crippen LogP contribution in [-0.2, 0) is 6.67 Å². The van der Waals surface area contributed by atoms with Gasteiger partial charge >= 0.3 is 5.82 Å². The second-order valence-corrected chi connectivity index (χ2v) is 3.11. The van der Waals surface area contributed by atoms with Gasteiger partial charge in [-0.05, 0) is 16.0 Å². The van der Waals surface area contributed by atoms with Gasteiger partial charge in [-0.15, -0.1) is 0 Å². The maximum atomic E-state index is 10.4. The summed E-state index contributed by atoms with van der Waals surface area (Å²) in [4.78, 5) is 16.5. The molecule has 0 saturated carbocycles. The molecule has 0 unspecified atom stereocenters. The first-order valence-electron chi connectivity index (χ1n) is 4.62. The van der Waals surface area contributed by atoms with Crippen LogP contribution in [0.15, 0.2) is 36.9 Å². The summed E-state index contributed by atoms with van der Waals surface area (Å²) in [6.07, 6.45) is 4.57. The van der Waals surface area contributed by atoms with Gasteiger partial charge in [0.25, 0.3) is 5.82 Å². The Morgan fingerprint density at radius 2 is 2.44 bits per heavy atom. The van der Waals surface area contributed by atoms with Gasteiger partial charge in [-0.25, -0.2) is 4.98 Å². The highest BCUT2D eigenvalue weighted by molar-refractivity contribution is 5.25. The molecule has 2 aromatic rings. The molecule has 2 N–H and O–H groups in total. The van der Waals surface area contributed by atoms with Gasteiger partial charge in [0.1, 0.15) is 6.20 Å². The molecule has 0 aliphatic rings. The monoisotopic (exact) mass is 220 g/mol. The quantitative estimate of drug-likeness (QED) is 0.606. The van der Waals surface area contributed by atoms with E-state index in [-0.39, 0.29) is 5.82 Å². The van der Waals surface area contributed by atoms with Crippen LogP contribution >= 0.6 is 0 Å². The SMILES string of the molecule is O=[N+]([O-])c1cn(CNc2cccc[nH+]2)cn1. The predicted molar refractivity (Wildman–Crippen MR) is 55.5 cm³/mol. The lowest BCUT2D eigenvalue weighted by atomic mass is 10.5. The maximum Gasteiger partial charge on any atom is 0.381 e. The molecule has 2 rings (SSSR count). The first kappa shape index (κ1) is 10.1.